The molecule has 0 saturated heterocycles. The summed E-state index contributed by atoms with van der Waals surface area (Å²) in [5.74, 6) is 0.515. The maximum absolute atomic E-state index is 11.3. The molecule has 0 atom stereocenters. The molecule has 0 unspecified atom stereocenters. The van der Waals surface area contributed by atoms with Gasteiger partial charge in [0.1, 0.15) is 0 Å². The second-order valence-corrected chi connectivity index (χ2v) is 4.14. The molecule has 0 amide bonds. The van der Waals surface area contributed by atoms with Crippen LogP contribution in [0.15, 0.2) is 36.4 Å². The maximum atomic E-state index is 11.3. The molecule has 1 saturated carbocycles. The number of benzene rings is 1. The quantitative estimate of drug-likeness (QED) is 0.707. The van der Waals surface area contributed by atoms with Gasteiger partial charge in [-0.15, -0.1) is 0 Å². The van der Waals surface area contributed by atoms with E-state index in [1.165, 1.54) is 12.8 Å². The van der Waals surface area contributed by atoms with Crippen LogP contribution in [0.25, 0.3) is 6.08 Å². The van der Waals surface area contributed by atoms with Gasteiger partial charge in [0.25, 0.3) is 0 Å². The van der Waals surface area contributed by atoms with Crippen LogP contribution in [0.4, 0.5) is 0 Å². The van der Waals surface area contributed by atoms with Gasteiger partial charge in [0.05, 0.1) is 13.0 Å². The van der Waals surface area contributed by atoms with E-state index in [-0.39, 0.29) is 5.97 Å². The minimum absolute atomic E-state index is 0.126. The zero-order valence-corrected chi connectivity index (χ0v) is 9.26. The van der Waals surface area contributed by atoms with Gasteiger partial charge in [-0.2, -0.15) is 0 Å². The summed E-state index contributed by atoms with van der Waals surface area (Å²) in [6, 6.07) is 9.94. The lowest BCUT2D eigenvalue weighted by molar-refractivity contribution is -0.143. The van der Waals surface area contributed by atoms with Crippen molar-refractivity contribution in [2.45, 2.75) is 19.3 Å². The number of esters is 1. The molecule has 0 aliphatic heterocycles. The Morgan fingerprint density at radius 2 is 2.06 bits per heavy atom. The van der Waals surface area contributed by atoms with Crippen molar-refractivity contribution in [3.63, 3.8) is 0 Å². The van der Waals surface area contributed by atoms with Gasteiger partial charge in [0.2, 0.25) is 0 Å². The highest BCUT2D eigenvalue weighted by atomic mass is 16.5. The SMILES string of the molecule is O=C(C/C=C/c1ccccc1)OCC1CC1. The first-order valence-corrected chi connectivity index (χ1v) is 5.72. The van der Waals surface area contributed by atoms with E-state index in [0.29, 0.717) is 18.9 Å². The molecule has 0 radical (unpaired) electrons. The number of carbonyl (C=O) groups is 1. The van der Waals surface area contributed by atoms with E-state index in [1.807, 2.05) is 42.5 Å². The molecule has 2 heteroatoms. The summed E-state index contributed by atoms with van der Waals surface area (Å²) < 4.78 is 5.11. The molecule has 2 nitrogen and oxygen atoms in total. The van der Waals surface area contributed by atoms with E-state index < -0.39 is 0 Å². The van der Waals surface area contributed by atoms with Crippen LogP contribution in [0.1, 0.15) is 24.8 Å². The van der Waals surface area contributed by atoms with E-state index >= 15 is 0 Å². The molecule has 2 rings (SSSR count). The van der Waals surface area contributed by atoms with Gasteiger partial charge in [0.15, 0.2) is 0 Å². The summed E-state index contributed by atoms with van der Waals surface area (Å²) in [4.78, 5) is 11.3. The number of hydrogen-bond donors (Lipinski definition) is 0. The number of ether oxygens (including phenoxy) is 1. The number of hydrogen-bond acceptors (Lipinski definition) is 2. The summed E-state index contributed by atoms with van der Waals surface area (Å²) in [6.45, 7) is 0.609. The van der Waals surface area contributed by atoms with Gasteiger partial charge in [-0.25, -0.2) is 0 Å². The molecule has 1 aliphatic carbocycles. The van der Waals surface area contributed by atoms with Crippen molar-refractivity contribution in [3.05, 3.63) is 42.0 Å². The van der Waals surface area contributed by atoms with Crippen LogP contribution >= 0.6 is 0 Å². The third-order valence-corrected chi connectivity index (χ3v) is 2.57. The Labute approximate surface area is 95.9 Å². The van der Waals surface area contributed by atoms with Crippen LogP contribution in [-0.2, 0) is 9.53 Å². The number of carbonyl (C=O) groups excluding carboxylic acids is 1. The minimum atomic E-state index is -0.126. The average Bonchev–Trinajstić information content (AvgIpc) is 3.12. The van der Waals surface area contributed by atoms with Crippen molar-refractivity contribution in [2.75, 3.05) is 6.61 Å². The normalized spacial score (nSPS) is 15.2. The Kier molecular flexibility index (Phi) is 3.76. The summed E-state index contributed by atoms with van der Waals surface area (Å²) in [5.41, 5.74) is 1.11. The third kappa shape index (κ3) is 3.89. The monoisotopic (exact) mass is 216 g/mol. The number of rotatable bonds is 5. The van der Waals surface area contributed by atoms with E-state index in [2.05, 4.69) is 0 Å². The summed E-state index contributed by atoms with van der Waals surface area (Å²) in [7, 11) is 0. The highest BCUT2D eigenvalue weighted by Gasteiger charge is 2.22. The average molecular weight is 216 g/mol. The van der Waals surface area contributed by atoms with Gasteiger partial charge in [-0.1, -0.05) is 42.5 Å². The lowest BCUT2D eigenvalue weighted by Gasteiger charge is -2.00. The first-order valence-electron chi connectivity index (χ1n) is 5.72. The topological polar surface area (TPSA) is 26.3 Å². The van der Waals surface area contributed by atoms with Crippen LogP contribution < -0.4 is 0 Å². The van der Waals surface area contributed by atoms with Gasteiger partial charge in [0, 0.05) is 0 Å². The first kappa shape index (κ1) is 10.9. The molecule has 0 N–H and O–H groups in total. The molecule has 0 heterocycles. The van der Waals surface area contributed by atoms with Crippen LogP contribution in [0.3, 0.4) is 0 Å². The fraction of sp³-hybridized carbons (Fsp3) is 0.357. The van der Waals surface area contributed by atoms with Crippen molar-refractivity contribution < 1.29 is 9.53 Å². The summed E-state index contributed by atoms with van der Waals surface area (Å²) in [5, 5.41) is 0. The van der Waals surface area contributed by atoms with Gasteiger partial charge < -0.3 is 4.74 Å². The lowest BCUT2D eigenvalue weighted by Crippen LogP contribution is -2.05. The Balaban J connectivity index is 1.69. The summed E-state index contributed by atoms with van der Waals surface area (Å²) in [6.07, 6.45) is 6.59. The predicted octanol–water partition coefficient (Wildman–Crippen LogP) is 3.04. The Morgan fingerprint density at radius 1 is 1.31 bits per heavy atom. The fourth-order valence-corrected chi connectivity index (χ4v) is 1.41. The first-order chi connectivity index (χ1) is 7.84. The molecule has 1 aromatic carbocycles. The molecular weight excluding hydrogens is 200 g/mol. The van der Waals surface area contributed by atoms with Gasteiger partial charge in [-0.3, -0.25) is 4.79 Å². The van der Waals surface area contributed by atoms with E-state index in [4.69, 9.17) is 4.74 Å². The Morgan fingerprint density at radius 3 is 2.75 bits per heavy atom. The minimum Gasteiger partial charge on any atom is -0.465 e. The highest BCUT2D eigenvalue weighted by Crippen LogP contribution is 2.28. The molecule has 0 aromatic heterocycles. The standard InChI is InChI=1S/C14H16O2/c15-14(16-11-13-9-10-13)8-4-7-12-5-2-1-3-6-12/h1-7,13H,8-11H2/b7-4+. The molecule has 1 fully saturated rings. The second-order valence-electron chi connectivity index (χ2n) is 4.14. The van der Waals surface area contributed by atoms with Crippen molar-refractivity contribution in [1.29, 1.82) is 0 Å². The molecule has 0 spiro atoms. The zero-order chi connectivity index (χ0) is 11.2. The van der Waals surface area contributed by atoms with E-state index in [0.717, 1.165) is 5.56 Å². The van der Waals surface area contributed by atoms with Crippen molar-refractivity contribution in [2.24, 2.45) is 5.92 Å². The smallest absolute Gasteiger partial charge is 0.309 e. The zero-order valence-electron chi connectivity index (χ0n) is 9.26. The third-order valence-electron chi connectivity index (χ3n) is 2.57. The Hall–Kier alpha value is -1.57. The molecule has 1 aliphatic rings. The predicted molar refractivity (Wildman–Crippen MR) is 63.8 cm³/mol. The van der Waals surface area contributed by atoms with Crippen molar-refractivity contribution in [3.8, 4) is 0 Å². The second kappa shape index (κ2) is 5.50. The Bertz CT molecular complexity index is 364. The molecule has 1 aromatic rings. The fourth-order valence-electron chi connectivity index (χ4n) is 1.41. The van der Waals surface area contributed by atoms with Gasteiger partial charge >= 0.3 is 5.97 Å². The van der Waals surface area contributed by atoms with Crippen LogP contribution in [0, 0.1) is 5.92 Å². The molecule has 0 bridgehead atoms. The van der Waals surface area contributed by atoms with Crippen LogP contribution in [0.2, 0.25) is 0 Å². The van der Waals surface area contributed by atoms with Crippen LogP contribution in [0.5, 0.6) is 0 Å². The lowest BCUT2D eigenvalue weighted by atomic mass is 10.2. The van der Waals surface area contributed by atoms with E-state index in [9.17, 15) is 4.79 Å². The molecule has 84 valence electrons. The molecular formula is C14H16O2. The van der Waals surface area contributed by atoms with Crippen molar-refractivity contribution >= 4 is 12.0 Å². The van der Waals surface area contributed by atoms with Crippen molar-refractivity contribution in [1.82, 2.24) is 0 Å². The van der Waals surface area contributed by atoms with Crippen LogP contribution in [-0.4, -0.2) is 12.6 Å². The summed E-state index contributed by atoms with van der Waals surface area (Å²) >= 11 is 0. The largest absolute Gasteiger partial charge is 0.465 e. The van der Waals surface area contributed by atoms with Gasteiger partial charge in [-0.05, 0) is 24.3 Å². The highest BCUT2D eigenvalue weighted by molar-refractivity contribution is 5.72. The van der Waals surface area contributed by atoms with E-state index in [1.54, 1.807) is 0 Å². The maximum Gasteiger partial charge on any atom is 0.309 e. The molecule has 16 heavy (non-hydrogen) atoms.